The molecule has 1 aromatic carbocycles. The van der Waals surface area contributed by atoms with Gasteiger partial charge in [0.25, 0.3) is 0 Å². The zero-order valence-electron chi connectivity index (χ0n) is 12.4. The van der Waals surface area contributed by atoms with E-state index in [1.54, 1.807) is 11.8 Å². The van der Waals surface area contributed by atoms with Gasteiger partial charge >= 0.3 is 0 Å². The van der Waals surface area contributed by atoms with Crippen LogP contribution in [0, 0.1) is 0 Å². The van der Waals surface area contributed by atoms with Crippen molar-refractivity contribution in [2.75, 3.05) is 24.7 Å². The molecule has 1 atom stereocenters. The fourth-order valence-electron chi connectivity index (χ4n) is 2.58. The number of benzene rings is 1. The molecule has 4 nitrogen and oxygen atoms in total. The molecular formula is C15H21N3OS2. The van der Waals surface area contributed by atoms with Gasteiger partial charge in [-0.15, -0.1) is 11.8 Å². The molecule has 1 heterocycles. The highest BCUT2D eigenvalue weighted by atomic mass is 32.2. The van der Waals surface area contributed by atoms with Gasteiger partial charge in [0.15, 0.2) is 0 Å². The number of amides is 1. The van der Waals surface area contributed by atoms with Gasteiger partial charge in [-0.1, -0.05) is 18.3 Å². The van der Waals surface area contributed by atoms with Gasteiger partial charge in [-0.05, 0) is 38.2 Å². The van der Waals surface area contributed by atoms with Crippen molar-refractivity contribution in [2.45, 2.75) is 30.7 Å². The lowest BCUT2D eigenvalue weighted by Crippen LogP contribution is -2.40. The van der Waals surface area contributed by atoms with Crippen LogP contribution in [-0.4, -0.2) is 41.2 Å². The second kappa shape index (κ2) is 7.13. The number of carbonyl (C=O) groups excluding carboxylic acids is 1. The number of carbonyl (C=O) groups is 1. The van der Waals surface area contributed by atoms with Crippen molar-refractivity contribution in [3.63, 3.8) is 0 Å². The first-order valence-corrected chi connectivity index (χ1v) is 8.70. The highest BCUT2D eigenvalue weighted by molar-refractivity contribution is 7.98. The predicted molar refractivity (Wildman–Crippen MR) is 93.0 cm³/mol. The van der Waals surface area contributed by atoms with Gasteiger partial charge < -0.3 is 16.0 Å². The van der Waals surface area contributed by atoms with E-state index in [9.17, 15) is 4.79 Å². The van der Waals surface area contributed by atoms with Crippen LogP contribution in [0.4, 0.5) is 5.69 Å². The van der Waals surface area contributed by atoms with Crippen LogP contribution in [0.1, 0.15) is 25.3 Å². The van der Waals surface area contributed by atoms with E-state index in [4.69, 9.17) is 18.0 Å². The Labute approximate surface area is 135 Å². The maximum Gasteiger partial charge on any atom is 0.244 e. The molecule has 0 bridgehead atoms. The number of nitrogens with one attached hydrogen (secondary N) is 1. The Morgan fingerprint density at radius 3 is 2.67 bits per heavy atom. The molecule has 0 aromatic heterocycles. The maximum atomic E-state index is 12.4. The number of hydrogen-bond acceptors (Lipinski definition) is 4. The van der Waals surface area contributed by atoms with Crippen molar-refractivity contribution in [3.05, 3.63) is 23.8 Å². The van der Waals surface area contributed by atoms with Gasteiger partial charge in [0, 0.05) is 29.2 Å². The van der Waals surface area contributed by atoms with Crippen molar-refractivity contribution < 1.29 is 4.79 Å². The predicted octanol–water partition coefficient (Wildman–Crippen LogP) is 2.47. The summed E-state index contributed by atoms with van der Waals surface area (Å²) in [5.74, 6) is 0.135. The Bertz CT molecular complexity index is 542. The molecule has 1 aromatic rings. The molecule has 0 radical (unpaired) electrons. The Morgan fingerprint density at radius 1 is 1.43 bits per heavy atom. The molecule has 6 heteroatoms. The van der Waals surface area contributed by atoms with Crippen molar-refractivity contribution in [3.8, 4) is 0 Å². The smallest absolute Gasteiger partial charge is 0.244 e. The Balaban J connectivity index is 2.18. The molecule has 0 spiro atoms. The van der Waals surface area contributed by atoms with Crippen molar-refractivity contribution in [2.24, 2.45) is 5.73 Å². The third kappa shape index (κ3) is 3.68. The van der Waals surface area contributed by atoms with Gasteiger partial charge in [-0.2, -0.15) is 0 Å². The normalized spacial score (nSPS) is 15.8. The quantitative estimate of drug-likeness (QED) is 0.644. The molecule has 1 unspecified atom stereocenters. The van der Waals surface area contributed by atoms with E-state index < -0.39 is 0 Å². The summed E-state index contributed by atoms with van der Waals surface area (Å²) in [6.07, 6.45) is 4.18. The van der Waals surface area contributed by atoms with Crippen LogP contribution in [0.15, 0.2) is 23.1 Å². The van der Waals surface area contributed by atoms with Gasteiger partial charge in [0.05, 0.1) is 0 Å². The molecule has 1 saturated heterocycles. The second-order valence-corrected chi connectivity index (χ2v) is 6.43. The summed E-state index contributed by atoms with van der Waals surface area (Å²) in [6.45, 7) is 3.60. The largest absolute Gasteiger partial charge is 0.389 e. The fourth-order valence-corrected chi connectivity index (χ4v) is 3.51. The zero-order valence-corrected chi connectivity index (χ0v) is 14.0. The maximum absolute atomic E-state index is 12.4. The molecule has 21 heavy (non-hydrogen) atoms. The number of rotatable bonds is 5. The summed E-state index contributed by atoms with van der Waals surface area (Å²) in [6, 6.07) is 5.57. The van der Waals surface area contributed by atoms with Crippen molar-refractivity contribution in [1.29, 1.82) is 0 Å². The number of anilines is 1. The number of thiocarbonyl (C=S) groups is 1. The van der Waals surface area contributed by atoms with Gasteiger partial charge in [0.1, 0.15) is 11.0 Å². The number of likely N-dealkylation sites (tertiary alicyclic amines) is 1. The molecule has 0 saturated carbocycles. The third-order valence-electron chi connectivity index (χ3n) is 3.65. The fraction of sp³-hybridized carbons (Fsp3) is 0.467. The Morgan fingerprint density at radius 2 is 2.10 bits per heavy atom. The lowest BCUT2D eigenvalue weighted by molar-refractivity contribution is -0.130. The van der Waals surface area contributed by atoms with Crippen LogP contribution in [0.2, 0.25) is 0 Å². The molecule has 114 valence electrons. The summed E-state index contributed by atoms with van der Waals surface area (Å²) >= 11 is 6.75. The SMILES string of the molecule is CSc1cccc(NC(C)C(=O)N2CCCC2)c1C(N)=S. The second-order valence-electron chi connectivity index (χ2n) is 5.15. The van der Waals surface area contributed by atoms with Crippen molar-refractivity contribution >= 4 is 40.6 Å². The summed E-state index contributed by atoms with van der Waals surface area (Å²) in [4.78, 5) is 15.7. The van der Waals surface area contributed by atoms with Crippen LogP contribution in [-0.2, 0) is 4.79 Å². The average molecular weight is 323 g/mol. The standard InChI is InChI=1S/C15H21N3OS2/c1-10(15(19)18-8-3-4-9-18)17-11-6-5-7-12(21-2)13(11)14(16)20/h5-7,10,17H,3-4,8-9H2,1-2H3,(H2,16,20). The summed E-state index contributed by atoms with van der Waals surface area (Å²) in [7, 11) is 0. The van der Waals surface area contributed by atoms with Gasteiger partial charge in [-0.3, -0.25) is 4.79 Å². The van der Waals surface area contributed by atoms with Crippen molar-refractivity contribution in [1.82, 2.24) is 4.90 Å². The summed E-state index contributed by atoms with van der Waals surface area (Å²) in [5.41, 5.74) is 7.50. The molecule has 1 amide bonds. The van der Waals surface area contributed by atoms with E-state index in [1.165, 1.54) is 0 Å². The number of thioether (sulfide) groups is 1. The lowest BCUT2D eigenvalue weighted by Gasteiger charge is -2.23. The topological polar surface area (TPSA) is 58.4 Å². The monoisotopic (exact) mass is 323 g/mol. The number of hydrogen-bond donors (Lipinski definition) is 2. The summed E-state index contributed by atoms with van der Waals surface area (Å²) in [5, 5.41) is 3.27. The molecule has 1 aliphatic rings. The Hall–Kier alpha value is -1.27. The van der Waals surface area contributed by atoms with E-state index in [0.717, 1.165) is 42.1 Å². The third-order valence-corrected chi connectivity index (χ3v) is 4.64. The number of nitrogens with zero attached hydrogens (tertiary/aromatic N) is 1. The lowest BCUT2D eigenvalue weighted by atomic mass is 10.1. The van der Waals surface area contributed by atoms with Crippen LogP contribution in [0.3, 0.4) is 0 Å². The van der Waals surface area contributed by atoms with E-state index in [0.29, 0.717) is 4.99 Å². The van der Waals surface area contributed by atoms with Crippen LogP contribution < -0.4 is 11.1 Å². The molecule has 0 aliphatic carbocycles. The highest BCUT2D eigenvalue weighted by Crippen LogP contribution is 2.27. The van der Waals surface area contributed by atoms with E-state index in [1.807, 2.05) is 36.3 Å². The minimum atomic E-state index is -0.284. The first kappa shape index (κ1) is 16.1. The summed E-state index contributed by atoms with van der Waals surface area (Å²) < 4.78 is 0. The molecule has 1 aliphatic heterocycles. The first-order chi connectivity index (χ1) is 10.0. The van der Waals surface area contributed by atoms with Crippen LogP contribution >= 0.6 is 24.0 Å². The van der Waals surface area contributed by atoms with Crippen LogP contribution in [0.25, 0.3) is 0 Å². The molecular weight excluding hydrogens is 302 g/mol. The van der Waals surface area contributed by atoms with Gasteiger partial charge in [0.2, 0.25) is 5.91 Å². The minimum Gasteiger partial charge on any atom is -0.389 e. The zero-order chi connectivity index (χ0) is 15.4. The number of nitrogens with two attached hydrogens (primary N) is 1. The molecule has 1 fully saturated rings. The highest BCUT2D eigenvalue weighted by Gasteiger charge is 2.24. The van der Waals surface area contributed by atoms with E-state index >= 15 is 0 Å². The van der Waals surface area contributed by atoms with Gasteiger partial charge in [-0.25, -0.2) is 0 Å². The minimum absolute atomic E-state index is 0.135. The molecule has 2 rings (SSSR count). The van der Waals surface area contributed by atoms with E-state index in [2.05, 4.69) is 5.32 Å². The molecule has 3 N–H and O–H groups in total. The van der Waals surface area contributed by atoms with E-state index in [-0.39, 0.29) is 11.9 Å². The first-order valence-electron chi connectivity index (χ1n) is 7.06. The Kier molecular flexibility index (Phi) is 5.47. The van der Waals surface area contributed by atoms with Crippen LogP contribution in [0.5, 0.6) is 0 Å². The average Bonchev–Trinajstić information content (AvgIpc) is 2.99.